The number of hydrogen-bond acceptors (Lipinski definition) is 1. The highest BCUT2D eigenvalue weighted by Crippen LogP contribution is 1.36. The van der Waals surface area contributed by atoms with Crippen molar-refractivity contribution in [2.75, 3.05) is 13.1 Å². The molecule has 38 valence electrons. The van der Waals surface area contributed by atoms with E-state index in [4.69, 9.17) is 5.21 Å². The van der Waals surface area contributed by atoms with Gasteiger partial charge in [-0.1, -0.05) is 0 Å². The molecule has 0 aliphatic carbocycles. The van der Waals surface area contributed by atoms with Crippen molar-refractivity contribution in [1.82, 2.24) is 0 Å². The third-order valence-corrected chi connectivity index (χ3v) is 0.816. The van der Waals surface area contributed by atoms with E-state index in [1.165, 1.54) is 0 Å². The van der Waals surface area contributed by atoms with Crippen molar-refractivity contribution < 1.29 is 10.3 Å². The molecule has 2 heteroatoms. The number of rotatable bonds is 2. The number of hydroxylamine groups is 2. The van der Waals surface area contributed by atoms with E-state index in [2.05, 4.69) is 0 Å². The molecule has 6 heavy (non-hydrogen) atoms. The molecule has 0 aliphatic rings. The Kier molecular flexibility index (Phi) is 3.08. The van der Waals surface area contributed by atoms with Gasteiger partial charge in [-0.15, -0.1) is 0 Å². The zero-order chi connectivity index (χ0) is 4.99. The SMILES string of the molecule is CC[NH+](O)CC. The molecule has 0 rings (SSSR count). The lowest BCUT2D eigenvalue weighted by molar-refractivity contribution is -1.08. The lowest BCUT2D eigenvalue weighted by Crippen LogP contribution is -3.08. The Morgan fingerprint density at radius 2 is 1.67 bits per heavy atom. The molecule has 0 aromatic heterocycles. The summed E-state index contributed by atoms with van der Waals surface area (Å²) in [6.45, 7) is 5.49. The minimum Gasteiger partial charge on any atom is -0.219 e. The van der Waals surface area contributed by atoms with Crippen molar-refractivity contribution in [3.8, 4) is 0 Å². The van der Waals surface area contributed by atoms with Gasteiger partial charge in [0.2, 0.25) is 0 Å². The van der Waals surface area contributed by atoms with Crippen molar-refractivity contribution in [2.24, 2.45) is 0 Å². The van der Waals surface area contributed by atoms with Crippen LogP contribution in [-0.4, -0.2) is 18.3 Å². The molecular formula is C4H12NO+. The molecule has 0 fully saturated rings. The third-order valence-electron chi connectivity index (χ3n) is 0.816. The van der Waals surface area contributed by atoms with Crippen molar-refractivity contribution in [1.29, 1.82) is 0 Å². The van der Waals surface area contributed by atoms with Crippen LogP contribution in [0.1, 0.15) is 13.8 Å². The van der Waals surface area contributed by atoms with E-state index in [1.807, 2.05) is 13.8 Å². The van der Waals surface area contributed by atoms with Gasteiger partial charge in [0.15, 0.2) is 0 Å². The average Bonchev–Trinajstić information content (AvgIpc) is 1.65. The summed E-state index contributed by atoms with van der Waals surface area (Å²) in [5, 5.41) is 9.18. The largest absolute Gasteiger partial charge is 0.219 e. The highest BCUT2D eigenvalue weighted by molar-refractivity contribution is 3.98. The van der Waals surface area contributed by atoms with E-state index in [-0.39, 0.29) is 0 Å². The first-order valence-electron chi connectivity index (χ1n) is 2.34. The predicted octanol–water partition coefficient (Wildman–Crippen LogP) is -0.700. The van der Waals surface area contributed by atoms with Crippen LogP contribution < -0.4 is 5.06 Å². The normalized spacial score (nSPS) is 10.0. The van der Waals surface area contributed by atoms with Crippen LogP contribution >= 0.6 is 0 Å². The van der Waals surface area contributed by atoms with Crippen LogP contribution in [-0.2, 0) is 0 Å². The van der Waals surface area contributed by atoms with Gasteiger partial charge in [-0.05, 0) is 13.8 Å². The first-order chi connectivity index (χ1) is 2.81. The molecular weight excluding hydrogens is 78.0 g/mol. The fourth-order valence-electron chi connectivity index (χ4n) is 0.250. The Bertz CT molecular complexity index is 26.7. The van der Waals surface area contributed by atoms with Gasteiger partial charge in [0.1, 0.15) is 13.1 Å². The van der Waals surface area contributed by atoms with Crippen LogP contribution in [0.2, 0.25) is 0 Å². The van der Waals surface area contributed by atoms with Crippen LogP contribution in [0.5, 0.6) is 0 Å². The first-order valence-corrected chi connectivity index (χ1v) is 2.34. The van der Waals surface area contributed by atoms with E-state index in [0.717, 1.165) is 13.1 Å². The highest BCUT2D eigenvalue weighted by Gasteiger charge is 1.88. The summed E-state index contributed by atoms with van der Waals surface area (Å²) < 4.78 is 0. The zero-order valence-corrected chi connectivity index (χ0v) is 4.36. The van der Waals surface area contributed by atoms with E-state index in [9.17, 15) is 0 Å². The number of quaternary nitrogens is 1. The molecule has 0 amide bonds. The van der Waals surface area contributed by atoms with Gasteiger partial charge in [-0.2, -0.15) is 5.06 Å². The summed E-state index contributed by atoms with van der Waals surface area (Å²) in [5.41, 5.74) is 0. The van der Waals surface area contributed by atoms with Crippen molar-refractivity contribution >= 4 is 0 Å². The molecule has 0 heterocycles. The molecule has 0 bridgehead atoms. The Morgan fingerprint density at radius 1 is 1.33 bits per heavy atom. The monoisotopic (exact) mass is 90.1 g/mol. The summed E-state index contributed by atoms with van der Waals surface area (Å²) >= 11 is 0. The van der Waals surface area contributed by atoms with Gasteiger partial charge >= 0.3 is 0 Å². The van der Waals surface area contributed by atoms with Gasteiger partial charge in [0.25, 0.3) is 0 Å². The Morgan fingerprint density at radius 3 is 1.67 bits per heavy atom. The summed E-state index contributed by atoms with van der Waals surface area (Å²) in [5.74, 6) is 0. The van der Waals surface area contributed by atoms with E-state index < -0.39 is 0 Å². The lowest BCUT2D eigenvalue weighted by Gasteiger charge is -2.00. The smallest absolute Gasteiger partial charge is 0.104 e. The average molecular weight is 90.1 g/mol. The summed E-state index contributed by atoms with van der Waals surface area (Å²) in [7, 11) is 0. The van der Waals surface area contributed by atoms with Crippen LogP contribution in [0.25, 0.3) is 0 Å². The highest BCUT2D eigenvalue weighted by atomic mass is 16.5. The fraction of sp³-hybridized carbons (Fsp3) is 1.00. The topological polar surface area (TPSA) is 24.7 Å². The predicted molar refractivity (Wildman–Crippen MR) is 23.8 cm³/mol. The molecule has 0 saturated heterocycles. The second kappa shape index (κ2) is 3.12. The number of nitrogens with one attached hydrogen (secondary N) is 1. The Balaban J connectivity index is 2.75. The van der Waals surface area contributed by atoms with Crippen LogP contribution in [0.4, 0.5) is 0 Å². The summed E-state index contributed by atoms with van der Waals surface area (Å²) in [4.78, 5) is 0. The molecule has 0 aromatic rings. The van der Waals surface area contributed by atoms with Gasteiger partial charge < -0.3 is 0 Å². The molecule has 0 aliphatic heterocycles. The number of hydrogen-bond donors (Lipinski definition) is 2. The van der Waals surface area contributed by atoms with Crippen molar-refractivity contribution in [3.05, 3.63) is 0 Å². The van der Waals surface area contributed by atoms with E-state index in [1.54, 1.807) is 0 Å². The minimum absolute atomic E-state index is 0.593. The van der Waals surface area contributed by atoms with Gasteiger partial charge in [-0.3, -0.25) is 0 Å². The summed E-state index contributed by atoms with van der Waals surface area (Å²) in [6.07, 6.45) is 0. The van der Waals surface area contributed by atoms with Crippen LogP contribution in [0, 0.1) is 0 Å². The maximum Gasteiger partial charge on any atom is 0.104 e. The van der Waals surface area contributed by atoms with Crippen molar-refractivity contribution in [3.63, 3.8) is 0 Å². The maximum absolute atomic E-state index is 8.58. The minimum atomic E-state index is 0.593. The Hall–Kier alpha value is -0.0800. The zero-order valence-electron chi connectivity index (χ0n) is 4.36. The molecule has 2 N–H and O–H groups in total. The Labute approximate surface area is 38.3 Å². The molecule has 0 saturated carbocycles. The van der Waals surface area contributed by atoms with Gasteiger partial charge in [-0.25, -0.2) is 5.21 Å². The third kappa shape index (κ3) is 2.18. The van der Waals surface area contributed by atoms with E-state index in [0.29, 0.717) is 5.06 Å². The van der Waals surface area contributed by atoms with Crippen LogP contribution in [0.15, 0.2) is 0 Å². The molecule has 2 nitrogen and oxygen atoms in total. The molecule has 0 aromatic carbocycles. The standard InChI is InChI=1S/C4H11NO/c1-3-5(6)4-2/h6H,3-4H2,1-2H3/p+1. The molecule has 0 atom stereocenters. The molecule has 0 unspecified atom stereocenters. The van der Waals surface area contributed by atoms with Crippen molar-refractivity contribution in [2.45, 2.75) is 13.8 Å². The fourth-order valence-corrected chi connectivity index (χ4v) is 0.250. The summed E-state index contributed by atoms with van der Waals surface area (Å²) in [6, 6.07) is 0. The van der Waals surface area contributed by atoms with Gasteiger partial charge in [0.05, 0.1) is 0 Å². The lowest BCUT2D eigenvalue weighted by atomic mass is 10.6. The second-order valence-electron chi connectivity index (χ2n) is 1.27. The second-order valence-corrected chi connectivity index (χ2v) is 1.27. The maximum atomic E-state index is 8.58. The van der Waals surface area contributed by atoms with E-state index >= 15 is 0 Å². The first kappa shape index (κ1) is 5.92. The molecule has 0 spiro atoms. The quantitative estimate of drug-likeness (QED) is 0.431. The molecule has 0 radical (unpaired) electrons. The van der Waals surface area contributed by atoms with Crippen LogP contribution in [0.3, 0.4) is 0 Å². The van der Waals surface area contributed by atoms with Gasteiger partial charge in [0, 0.05) is 0 Å².